The molecule has 148 valence electrons. The van der Waals surface area contributed by atoms with Gasteiger partial charge in [0.15, 0.2) is 34.8 Å². The van der Waals surface area contributed by atoms with Gasteiger partial charge in [-0.15, -0.1) is 0 Å². The normalized spacial score (nSPS) is 12.1. The Morgan fingerprint density at radius 2 is 1.41 bits per heavy atom. The van der Waals surface area contributed by atoms with Crippen LogP contribution in [0.4, 0.5) is 27.6 Å². The van der Waals surface area contributed by atoms with Crippen molar-refractivity contribution >= 4 is 25.5 Å². The minimum Gasteiger partial charge on any atom is -0.494 e. The molecular formula is C14H10F5NO5S2. The van der Waals surface area contributed by atoms with Crippen molar-refractivity contribution in [3.63, 3.8) is 0 Å². The molecule has 0 bridgehead atoms. The van der Waals surface area contributed by atoms with E-state index in [-0.39, 0.29) is 5.75 Å². The Kier molecular flexibility index (Phi) is 5.39. The van der Waals surface area contributed by atoms with E-state index in [1.165, 1.54) is 4.72 Å². The van der Waals surface area contributed by atoms with Crippen LogP contribution in [0.3, 0.4) is 0 Å². The van der Waals surface area contributed by atoms with Gasteiger partial charge in [-0.25, -0.2) is 38.8 Å². The van der Waals surface area contributed by atoms with Crippen LogP contribution in [0.5, 0.6) is 5.75 Å². The summed E-state index contributed by atoms with van der Waals surface area (Å²) in [5.74, 6) is -10.9. The summed E-state index contributed by atoms with van der Waals surface area (Å²) in [5, 5.41) is 0. The second-order valence-electron chi connectivity index (χ2n) is 5.13. The van der Waals surface area contributed by atoms with Gasteiger partial charge in [-0.05, 0) is 18.2 Å². The van der Waals surface area contributed by atoms with Crippen LogP contribution in [0, 0.1) is 29.1 Å². The number of sulfone groups is 1. The molecule has 0 atom stereocenters. The molecular weight excluding hydrogens is 421 g/mol. The Morgan fingerprint density at radius 3 is 1.81 bits per heavy atom. The van der Waals surface area contributed by atoms with Crippen molar-refractivity contribution in [3.05, 3.63) is 47.3 Å². The molecule has 13 heteroatoms. The third-order valence-electron chi connectivity index (χ3n) is 3.21. The fourth-order valence-corrected chi connectivity index (χ4v) is 4.00. The Hall–Kier alpha value is -2.41. The zero-order valence-corrected chi connectivity index (χ0v) is 15.1. The van der Waals surface area contributed by atoms with Gasteiger partial charge in [-0.3, -0.25) is 4.72 Å². The Balaban J connectivity index is 2.77. The molecule has 0 saturated heterocycles. The molecule has 0 spiro atoms. The second-order valence-corrected chi connectivity index (χ2v) is 8.77. The summed E-state index contributed by atoms with van der Waals surface area (Å²) >= 11 is 0. The van der Waals surface area contributed by atoms with Crippen molar-refractivity contribution in [2.75, 3.05) is 18.1 Å². The fraction of sp³-hybridized carbons (Fsp3) is 0.143. The molecule has 0 aliphatic carbocycles. The monoisotopic (exact) mass is 431 g/mol. The Labute approximate surface area is 150 Å². The van der Waals surface area contributed by atoms with E-state index >= 15 is 0 Å². The maximum atomic E-state index is 14.2. The minimum absolute atomic E-state index is 0.339. The first-order valence-electron chi connectivity index (χ1n) is 6.73. The van der Waals surface area contributed by atoms with Gasteiger partial charge < -0.3 is 4.74 Å². The number of anilines is 1. The topological polar surface area (TPSA) is 89.5 Å². The van der Waals surface area contributed by atoms with Gasteiger partial charge in [-0.1, -0.05) is 0 Å². The highest BCUT2D eigenvalue weighted by Crippen LogP contribution is 2.35. The number of ether oxygens (including phenoxy) is 1. The molecule has 0 amide bonds. The molecule has 2 aromatic carbocycles. The lowest BCUT2D eigenvalue weighted by molar-refractivity contribution is 0.385. The highest BCUT2D eigenvalue weighted by atomic mass is 32.2. The standard InChI is InChI=1S/C14H10F5NO5S2/c1-25-8-4-3-6(5-7(8)15)27(23,24)14-11(18)9(16)13(10(17)12(14)19)20-26(2,21)22/h3-5,20H,1-2H3. The van der Waals surface area contributed by atoms with E-state index in [9.17, 15) is 38.8 Å². The number of sulfonamides is 1. The van der Waals surface area contributed by atoms with Crippen LogP contribution >= 0.6 is 0 Å². The van der Waals surface area contributed by atoms with Gasteiger partial charge in [0.2, 0.25) is 19.9 Å². The van der Waals surface area contributed by atoms with Gasteiger partial charge in [0, 0.05) is 0 Å². The summed E-state index contributed by atoms with van der Waals surface area (Å²) < 4.78 is 123. The van der Waals surface area contributed by atoms with E-state index in [1.807, 2.05) is 0 Å². The van der Waals surface area contributed by atoms with Gasteiger partial charge in [0.1, 0.15) is 10.6 Å². The lowest BCUT2D eigenvalue weighted by Crippen LogP contribution is -2.18. The highest BCUT2D eigenvalue weighted by molar-refractivity contribution is 7.92. The van der Waals surface area contributed by atoms with E-state index in [4.69, 9.17) is 0 Å². The van der Waals surface area contributed by atoms with Crippen LogP contribution in [0.25, 0.3) is 0 Å². The zero-order valence-electron chi connectivity index (χ0n) is 13.5. The van der Waals surface area contributed by atoms with E-state index < -0.39 is 64.4 Å². The van der Waals surface area contributed by atoms with Crippen LogP contribution < -0.4 is 9.46 Å². The van der Waals surface area contributed by atoms with Crippen LogP contribution in [-0.4, -0.2) is 30.2 Å². The summed E-state index contributed by atoms with van der Waals surface area (Å²) in [6.45, 7) is 0. The van der Waals surface area contributed by atoms with Crippen LogP contribution in [0.1, 0.15) is 0 Å². The zero-order chi connectivity index (χ0) is 20.7. The molecule has 2 aromatic rings. The molecule has 0 aliphatic rings. The van der Waals surface area contributed by atoms with Gasteiger partial charge in [0.05, 0.1) is 18.3 Å². The minimum atomic E-state index is -5.26. The van der Waals surface area contributed by atoms with Crippen LogP contribution in [0.15, 0.2) is 28.0 Å². The molecule has 0 fully saturated rings. The maximum Gasteiger partial charge on any atom is 0.230 e. The maximum absolute atomic E-state index is 14.2. The predicted octanol–water partition coefficient (Wildman–Crippen LogP) is 2.60. The third-order valence-corrected chi connectivity index (χ3v) is 5.56. The summed E-state index contributed by atoms with van der Waals surface area (Å²) in [6.07, 6.45) is 0.451. The third kappa shape index (κ3) is 3.83. The first-order valence-corrected chi connectivity index (χ1v) is 10.1. The van der Waals surface area contributed by atoms with Crippen molar-refractivity contribution in [2.24, 2.45) is 0 Å². The van der Waals surface area contributed by atoms with E-state index in [2.05, 4.69) is 4.74 Å². The van der Waals surface area contributed by atoms with Gasteiger partial charge in [0.25, 0.3) is 0 Å². The number of hydrogen-bond acceptors (Lipinski definition) is 5. The highest BCUT2D eigenvalue weighted by Gasteiger charge is 2.35. The Bertz CT molecular complexity index is 1100. The lowest BCUT2D eigenvalue weighted by Gasteiger charge is -2.13. The summed E-state index contributed by atoms with van der Waals surface area (Å²) in [7, 11) is -8.53. The van der Waals surface area contributed by atoms with Crippen LogP contribution in [-0.2, 0) is 19.9 Å². The number of nitrogens with one attached hydrogen (secondary N) is 1. The van der Waals surface area contributed by atoms with E-state index in [0.29, 0.717) is 18.4 Å². The molecule has 2 rings (SSSR count). The molecule has 0 radical (unpaired) electrons. The second kappa shape index (κ2) is 6.96. The van der Waals surface area contributed by atoms with Crippen molar-refractivity contribution in [1.82, 2.24) is 0 Å². The van der Waals surface area contributed by atoms with Crippen LogP contribution in [0.2, 0.25) is 0 Å². The largest absolute Gasteiger partial charge is 0.494 e. The van der Waals surface area contributed by atoms with Crippen molar-refractivity contribution in [1.29, 1.82) is 0 Å². The quantitative estimate of drug-likeness (QED) is 0.581. The summed E-state index contributed by atoms with van der Waals surface area (Å²) in [4.78, 5) is -3.05. The average molecular weight is 431 g/mol. The molecule has 27 heavy (non-hydrogen) atoms. The predicted molar refractivity (Wildman–Crippen MR) is 83.1 cm³/mol. The molecule has 6 nitrogen and oxygen atoms in total. The number of hydrogen-bond donors (Lipinski definition) is 1. The smallest absolute Gasteiger partial charge is 0.230 e. The van der Waals surface area contributed by atoms with E-state index in [1.54, 1.807) is 0 Å². The average Bonchev–Trinajstić information content (AvgIpc) is 2.56. The lowest BCUT2D eigenvalue weighted by atomic mass is 10.2. The first kappa shape index (κ1) is 20.9. The SMILES string of the molecule is COc1ccc(S(=O)(=O)c2c(F)c(F)c(NS(C)(=O)=O)c(F)c2F)cc1F. The van der Waals surface area contributed by atoms with Crippen molar-refractivity contribution < 1.29 is 43.5 Å². The molecule has 0 aliphatic heterocycles. The van der Waals surface area contributed by atoms with E-state index in [0.717, 1.165) is 13.2 Å². The van der Waals surface area contributed by atoms with Crippen molar-refractivity contribution in [2.45, 2.75) is 9.79 Å². The molecule has 0 aromatic heterocycles. The first-order chi connectivity index (χ1) is 12.3. The molecule has 0 saturated carbocycles. The summed E-state index contributed by atoms with van der Waals surface area (Å²) in [6, 6.07) is 1.87. The number of methoxy groups -OCH3 is 1. The van der Waals surface area contributed by atoms with Gasteiger partial charge >= 0.3 is 0 Å². The molecule has 1 N–H and O–H groups in total. The summed E-state index contributed by atoms with van der Waals surface area (Å²) in [5.41, 5.74) is -1.73. The number of halogens is 5. The fourth-order valence-electron chi connectivity index (χ4n) is 2.05. The molecule has 0 heterocycles. The Morgan fingerprint density at radius 1 is 0.889 bits per heavy atom. The number of rotatable bonds is 5. The van der Waals surface area contributed by atoms with Crippen molar-refractivity contribution in [3.8, 4) is 5.75 Å². The van der Waals surface area contributed by atoms with Gasteiger partial charge in [-0.2, -0.15) is 0 Å². The number of benzene rings is 2. The molecule has 0 unspecified atom stereocenters.